The van der Waals surface area contributed by atoms with Crippen LogP contribution >= 0.6 is 15.9 Å². The van der Waals surface area contributed by atoms with Crippen LogP contribution in [0.1, 0.15) is 11.6 Å². The van der Waals surface area contributed by atoms with E-state index in [1.54, 1.807) is 48.5 Å². The molecular weight excluding hydrogens is 348 g/mol. The SMILES string of the molecule is O=C(O)C(c1ccccc1)n1ncc2cc(Br)ccc2c1=O. The van der Waals surface area contributed by atoms with Gasteiger partial charge in [0.15, 0.2) is 6.04 Å². The molecule has 0 aliphatic heterocycles. The van der Waals surface area contributed by atoms with Crippen molar-refractivity contribution in [2.45, 2.75) is 6.04 Å². The van der Waals surface area contributed by atoms with Crippen molar-refractivity contribution in [2.75, 3.05) is 0 Å². The summed E-state index contributed by atoms with van der Waals surface area (Å²) in [4.78, 5) is 24.2. The van der Waals surface area contributed by atoms with Gasteiger partial charge < -0.3 is 5.11 Å². The van der Waals surface area contributed by atoms with Gasteiger partial charge in [0.05, 0.1) is 11.6 Å². The maximum atomic E-state index is 12.6. The Morgan fingerprint density at radius 1 is 1.18 bits per heavy atom. The van der Waals surface area contributed by atoms with Crippen LogP contribution in [0.4, 0.5) is 0 Å². The summed E-state index contributed by atoms with van der Waals surface area (Å²) in [7, 11) is 0. The van der Waals surface area contributed by atoms with Crippen LogP contribution in [0, 0.1) is 0 Å². The zero-order valence-corrected chi connectivity index (χ0v) is 12.9. The normalized spacial score (nSPS) is 12.2. The number of hydrogen-bond acceptors (Lipinski definition) is 3. The molecule has 5 nitrogen and oxygen atoms in total. The molecule has 0 aliphatic rings. The first-order valence-corrected chi connectivity index (χ1v) is 7.32. The van der Waals surface area contributed by atoms with E-state index in [2.05, 4.69) is 21.0 Å². The fraction of sp³-hybridized carbons (Fsp3) is 0.0625. The minimum absolute atomic E-state index is 0.429. The van der Waals surface area contributed by atoms with E-state index in [9.17, 15) is 14.7 Å². The Morgan fingerprint density at radius 2 is 1.91 bits per heavy atom. The zero-order valence-electron chi connectivity index (χ0n) is 11.3. The summed E-state index contributed by atoms with van der Waals surface area (Å²) in [5, 5.41) is 14.7. The molecule has 0 radical (unpaired) electrons. The molecule has 0 aliphatic carbocycles. The van der Waals surface area contributed by atoms with Gasteiger partial charge >= 0.3 is 5.97 Å². The number of carboxylic acid groups (broad SMARTS) is 1. The molecule has 1 atom stereocenters. The number of benzene rings is 2. The highest BCUT2D eigenvalue weighted by Crippen LogP contribution is 2.19. The Bertz CT molecular complexity index is 906. The van der Waals surface area contributed by atoms with E-state index in [0.717, 1.165) is 9.15 Å². The van der Waals surface area contributed by atoms with Crippen molar-refractivity contribution in [3.63, 3.8) is 0 Å². The molecule has 0 amide bonds. The minimum Gasteiger partial charge on any atom is -0.479 e. The third kappa shape index (κ3) is 2.53. The number of aliphatic carboxylic acids is 1. The predicted octanol–water partition coefficient (Wildman–Crippen LogP) is 2.83. The highest BCUT2D eigenvalue weighted by atomic mass is 79.9. The second kappa shape index (κ2) is 5.73. The van der Waals surface area contributed by atoms with Gasteiger partial charge in [-0.15, -0.1) is 0 Å². The Kier molecular flexibility index (Phi) is 3.77. The summed E-state index contributed by atoms with van der Waals surface area (Å²) in [6.45, 7) is 0. The van der Waals surface area contributed by atoms with Crippen molar-refractivity contribution in [3.05, 3.63) is 75.1 Å². The standard InChI is InChI=1S/C16H11BrN2O3/c17-12-6-7-13-11(8-12)9-18-19(15(13)20)14(16(21)22)10-4-2-1-3-5-10/h1-9,14H,(H,21,22). The average molecular weight is 359 g/mol. The Labute approximate surface area is 134 Å². The molecule has 6 heteroatoms. The van der Waals surface area contributed by atoms with Gasteiger partial charge in [-0.25, -0.2) is 9.48 Å². The monoisotopic (exact) mass is 358 g/mol. The summed E-state index contributed by atoms with van der Waals surface area (Å²) in [5.74, 6) is -1.13. The van der Waals surface area contributed by atoms with Crippen molar-refractivity contribution in [1.82, 2.24) is 9.78 Å². The van der Waals surface area contributed by atoms with Crippen molar-refractivity contribution in [3.8, 4) is 0 Å². The molecule has 0 saturated heterocycles. The number of carboxylic acids is 1. The van der Waals surface area contributed by atoms with Crippen molar-refractivity contribution >= 4 is 32.7 Å². The summed E-state index contributed by atoms with van der Waals surface area (Å²) in [6, 6.07) is 12.6. The van der Waals surface area contributed by atoms with Crippen molar-refractivity contribution < 1.29 is 9.90 Å². The predicted molar refractivity (Wildman–Crippen MR) is 85.9 cm³/mol. The Morgan fingerprint density at radius 3 is 2.59 bits per heavy atom. The second-order valence-corrected chi connectivity index (χ2v) is 5.69. The molecule has 1 unspecified atom stereocenters. The van der Waals surface area contributed by atoms with Crippen molar-refractivity contribution in [1.29, 1.82) is 0 Å². The first-order valence-electron chi connectivity index (χ1n) is 6.53. The smallest absolute Gasteiger partial charge is 0.333 e. The van der Waals surface area contributed by atoms with E-state index in [1.807, 2.05) is 0 Å². The molecule has 1 aromatic heterocycles. The van der Waals surface area contributed by atoms with E-state index in [4.69, 9.17) is 0 Å². The van der Waals surface area contributed by atoms with E-state index in [-0.39, 0.29) is 0 Å². The molecule has 0 saturated carbocycles. The molecule has 3 aromatic rings. The van der Waals surface area contributed by atoms with Gasteiger partial charge in [0, 0.05) is 9.86 Å². The maximum Gasteiger partial charge on any atom is 0.333 e. The summed E-state index contributed by atoms with van der Waals surface area (Å²) in [5.41, 5.74) is 0.0716. The molecule has 1 heterocycles. The minimum atomic E-state index is -1.15. The van der Waals surface area contributed by atoms with Gasteiger partial charge in [0.25, 0.3) is 5.56 Å². The zero-order chi connectivity index (χ0) is 15.7. The topological polar surface area (TPSA) is 72.2 Å². The van der Waals surface area contributed by atoms with E-state index < -0.39 is 17.6 Å². The summed E-state index contributed by atoms with van der Waals surface area (Å²) < 4.78 is 1.84. The molecule has 22 heavy (non-hydrogen) atoms. The lowest BCUT2D eigenvalue weighted by atomic mass is 10.1. The molecule has 0 bridgehead atoms. The highest BCUT2D eigenvalue weighted by molar-refractivity contribution is 9.10. The molecule has 0 fully saturated rings. The van der Waals surface area contributed by atoms with Crippen LogP contribution < -0.4 is 5.56 Å². The fourth-order valence-electron chi connectivity index (χ4n) is 2.34. The highest BCUT2D eigenvalue weighted by Gasteiger charge is 2.24. The van der Waals surface area contributed by atoms with Gasteiger partial charge in [-0.1, -0.05) is 46.3 Å². The molecular formula is C16H11BrN2O3. The molecule has 110 valence electrons. The summed E-state index contributed by atoms with van der Waals surface area (Å²) >= 11 is 3.33. The average Bonchev–Trinajstić information content (AvgIpc) is 2.50. The van der Waals surface area contributed by atoms with Gasteiger partial charge in [-0.05, 0) is 23.8 Å². The lowest BCUT2D eigenvalue weighted by Crippen LogP contribution is -2.32. The van der Waals surface area contributed by atoms with Crippen LogP contribution in [0.3, 0.4) is 0 Å². The Balaban J connectivity index is 2.23. The van der Waals surface area contributed by atoms with Gasteiger partial charge in [-0.3, -0.25) is 4.79 Å². The third-order valence-corrected chi connectivity index (χ3v) is 3.86. The number of nitrogens with zero attached hydrogens (tertiary/aromatic N) is 2. The van der Waals surface area contributed by atoms with Gasteiger partial charge in [-0.2, -0.15) is 5.10 Å². The Hall–Kier alpha value is -2.47. The quantitative estimate of drug-likeness (QED) is 0.781. The molecule has 0 spiro atoms. The lowest BCUT2D eigenvalue weighted by Gasteiger charge is -2.15. The first-order chi connectivity index (χ1) is 10.6. The van der Waals surface area contributed by atoms with E-state index in [0.29, 0.717) is 16.3 Å². The molecule has 2 aromatic carbocycles. The third-order valence-electron chi connectivity index (χ3n) is 3.37. The van der Waals surface area contributed by atoms with Gasteiger partial charge in [0.2, 0.25) is 0 Å². The first kappa shape index (κ1) is 14.5. The number of rotatable bonds is 3. The van der Waals surface area contributed by atoms with Crippen LogP contribution in [0.2, 0.25) is 0 Å². The van der Waals surface area contributed by atoms with Crippen LogP contribution in [0.5, 0.6) is 0 Å². The van der Waals surface area contributed by atoms with Crippen molar-refractivity contribution in [2.24, 2.45) is 0 Å². The number of aromatic nitrogens is 2. The lowest BCUT2D eigenvalue weighted by molar-refractivity contribution is -0.139. The number of halogens is 1. The number of fused-ring (bicyclic) bond motifs is 1. The fourth-order valence-corrected chi connectivity index (χ4v) is 2.72. The summed E-state index contributed by atoms with van der Waals surface area (Å²) in [6.07, 6.45) is 1.50. The molecule has 3 rings (SSSR count). The number of carbonyl (C=O) groups is 1. The van der Waals surface area contributed by atoms with Gasteiger partial charge in [0.1, 0.15) is 0 Å². The van der Waals surface area contributed by atoms with Crippen LogP contribution in [-0.4, -0.2) is 20.9 Å². The van der Waals surface area contributed by atoms with E-state index in [1.165, 1.54) is 6.20 Å². The van der Waals surface area contributed by atoms with E-state index >= 15 is 0 Å². The largest absolute Gasteiger partial charge is 0.479 e. The van der Waals surface area contributed by atoms with Crippen LogP contribution in [0.25, 0.3) is 10.8 Å². The molecule has 1 N–H and O–H groups in total. The second-order valence-electron chi connectivity index (χ2n) is 4.78. The van der Waals surface area contributed by atoms with Crippen LogP contribution in [0.15, 0.2) is 64.0 Å². The maximum absolute atomic E-state index is 12.6. The van der Waals surface area contributed by atoms with Crippen LogP contribution in [-0.2, 0) is 4.79 Å². The number of hydrogen-bond donors (Lipinski definition) is 1.